The van der Waals surface area contributed by atoms with Gasteiger partial charge in [-0.3, -0.25) is 9.48 Å². The van der Waals surface area contributed by atoms with Crippen LogP contribution in [-0.2, 0) is 11.2 Å². The highest BCUT2D eigenvalue weighted by Crippen LogP contribution is 2.36. The minimum absolute atomic E-state index is 0.160. The molecule has 3 aromatic heterocycles. The Hall–Kier alpha value is -4.21. The Morgan fingerprint density at radius 2 is 1.68 bits per heavy atom. The van der Waals surface area contributed by atoms with Gasteiger partial charge in [0.2, 0.25) is 5.91 Å². The zero-order chi connectivity index (χ0) is 27.6. The van der Waals surface area contributed by atoms with Crippen molar-refractivity contribution in [3.05, 3.63) is 88.8 Å². The summed E-state index contributed by atoms with van der Waals surface area (Å²) in [7, 11) is 0. The van der Waals surface area contributed by atoms with Crippen LogP contribution in [0.5, 0.6) is 0 Å². The number of piperidine rings is 1. The first-order chi connectivity index (χ1) is 19.5. The van der Waals surface area contributed by atoms with Crippen LogP contribution < -0.4 is 5.73 Å². The van der Waals surface area contributed by atoms with E-state index in [1.165, 1.54) is 0 Å². The molecule has 1 aliphatic rings. The second kappa shape index (κ2) is 11.1. The fourth-order valence-electron chi connectivity index (χ4n) is 4.89. The van der Waals surface area contributed by atoms with Crippen LogP contribution in [0.25, 0.3) is 34.0 Å². The molecular formula is C29H25Cl2N7O2. The number of likely N-dealkylation sites (tertiary alicyclic amines) is 1. The molecule has 4 heterocycles. The van der Waals surface area contributed by atoms with E-state index in [9.17, 15) is 4.79 Å². The Labute approximate surface area is 240 Å². The number of halogens is 2. The van der Waals surface area contributed by atoms with Gasteiger partial charge in [-0.05, 0) is 36.6 Å². The van der Waals surface area contributed by atoms with Gasteiger partial charge in [0, 0.05) is 36.6 Å². The van der Waals surface area contributed by atoms with Gasteiger partial charge in [0.25, 0.3) is 11.8 Å². The summed E-state index contributed by atoms with van der Waals surface area (Å²) in [5.74, 6) is 0.811. The Bertz CT molecular complexity index is 1640. The van der Waals surface area contributed by atoms with Gasteiger partial charge in [0.05, 0.1) is 39.8 Å². The molecule has 40 heavy (non-hydrogen) atoms. The van der Waals surface area contributed by atoms with Crippen molar-refractivity contribution >= 4 is 34.9 Å². The number of benzene rings is 2. The van der Waals surface area contributed by atoms with E-state index in [2.05, 4.69) is 20.3 Å². The lowest BCUT2D eigenvalue weighted by molar-refractivity contribution is -0.131. The topological polar surface area (TPSA) is 116 Å². The molecule has 202 valence electrons. The van der Waals surface area contributed by atoms with Crippen LogP contribution in [0.3, 0.4) is 0 Å². The largest absolute Gasteiger partial charge is 0.416 e. The monoisotopic (exact) mass is 573 g/mol. The molecule has 1 saturated heterocycles. The van der Waals surface area contributed by atoms with Crippen LogP contribution in [0, 0.1) is 0 Å². The average molecular weight is 574 g/mol. The predicted molar refractivity (Wildman–Crippen MR) is 154 cm³/mol. The number of amides is 1. The third-order valence-corrected chi connectivity index (χ3v) is 7.70. The molecule has 0 unspecified atom stereocenters. The van der Waals surface area contributed by atoms with Crippen LogP contribution in [0.2, 0.25) is 10.0 Å². The first kappa shape index (κ1) is 26.0. The number of anilines is 1. The lowest BCUT2D eigenvalue weighted by atomic mass is 10.0. The Morgan fingerprint density at radius 3 is 2.42 bits per heavy atom. The van der Waals surface area contributed by atoms with Crippen LogP contribution in [-0.4, -0.2) is 48.9 Å². The standard InChI is InChI=1S/C29H25Cl2N7O2/c30-23-7-4-8-24(31)26(23)29-36-35-28(40-29)22-14-19(15-33-27(22)32)20-16-34-38(17-20)21-9-11-37(12-10-21)25(39)13-18-5-2-1-3-6-18/h1-8,14-17,21H,9-13H2,(H2,32,33). The number of hydrogen-bond donors (Lipinski definition) is 1. The van der Waals surface area contributed by atoms with Crippen LogP contribution in [0.15, 0.2) is 77.6 Å². The number of aromatic nitrogens is 5. The molecule has 2 aromatic carbocycles. The van der Waals surface area contributed by atoms with Gasteiger partial charge in [-0.1, -0.05) is 59.6 Å². The molecule has 5 aromatic rings. The number of nitrogens with two attached hydrogens (primary N) is 1. The van der Waals surface area contributed by atoms with Gasteiger partial charge >= 0.3 is 0 Å². The maximum Gasteiger partial charge on any atom is 0.251 e. The van der Waals surface area contributed by atoms with Crippen molar-refractivity contribution in [1.29, 1.82) is 0 Å². The van der Waals surface area contributed by atoms with Gasteiger partial charge in [0.15, 0.2) is 0 Å². The molecule has 2 N–H and O–H groups in total. The molecule has 0 spiro atoms. The van der Waals surface area contributed by atoms with Gasteiger partial charge in [0.1, 0.15) is 5.82 Å². The molecule has 1 fully saturated rings. The smallest absolute Gasteiger partial charge is 0.251 e. The summed E-state index contributed by atoms with van der Waals surface area (Å²) in [6.45, 7) is 1.40. The van der Waals surface area contributed by atoms with Crippen molar-refractivity contribution in [3.8, 4) is 34.0 Å². The fourth-order valence-corrected chi connectivity index (χ4v) is 5.45. The van der Waals surface area contributed by atoms with E-state index in [0.29, 0.717) is 40.7 Å². The fraction of sp³-hybridized carbons (Fsp3) is 0.207. The quantitative estimate of drug-likeness (QED) is 0.266. The summed E-state index contributed by atoms with van der Waals surface area (Å²) in [6.07, 6.45) is 7.58. The van der Waals surface area contributed by atoms with E-state index in [4.69, 9.17) is 33.4 Å². The number of nitrogens with zero attached hydrogens (tertiary/aromatic N) is 6. The van der Waals surface area contributed by atoms with Crippen LogP contribution >= 0.6 is 23.2 Å². The molecule has 6 rings (SSSR count). The lowest BCUT2D eigenvalue weighted by Gasteiger charge is -2.32. The lowest BCUT2D eigenvalue weighted by Crippen LogP contribution is -2.39. The van der Waals surface area contributed by atoms with Crippen LogP contribution in [0.1, 0.15) is 24.4 Å². The molecule has 1 amide bonds. The maximum absolute atomic E-state index is 12.7. The number of hydrogen-bond acceptors (Lipinski definition) is 7. The van der Waals surface area contributed by atoms with Crippen molar-refractivity contribution in [2.45, 2.75) is 25.3 Å². The van der Waals surface area contributed by atoms with Crippen molar-refractivity contribution in [2.75, 3.05) is 18.8 Å². The molecule has 0 atom stereocenters. The van der Waals surface area contributed by atoms with Gasteiger partial charge < -0.3 is 15.1 Å². The minimum atomic E-state index is 0.160. The van der Waals surface area contributed by atoms with Gasteiger partial charge in [-0.2, -0.15) is 5.10 Å². The van der Waals surface area contributed by atoms with Crippen molar-refractivity contribution in [2.24, 2.45) is 0 Å². The molecule has 0 radical (unpaired) electrons. The minimum Gasteiger partial charge on any atom is -0.416 e. The van der Waals surface area contributed by atoms with E-state index in [1.807, 2.05) is 52.2 Å². The SMILES string of the molecule is Nc1ncc(-c2cnn(C3CCN(C(=O)Cc4ccccc4)CC3)c2)cc1-c1nnc(-c2c(Cl)cccc2Cl)o1. The Kier molecular flexibility index (Phi) is 7.23. The molecule has 1 aliphatic heterocycles. The van der Waals surface area contributed by atoms with Crippen molar-refractivity contribution in [3.63, 3.8) is 0 Å². The third-order valence-electron chi connectivity index (χ3n) is 7.07. The Balaban J connectivity index is 1.16. The number of nitrogen functional groups attached to an aromatic ring is 1. The zero-order valence-electron chi connectivity index (χ0n) is 21.4. The number of pyridine rings is 1. The summed E-state index contributed by atoms with van der Waals surface area (Å²) >= 11 is 12.6. The highest BCUT2D eigenvalue weighted by molar-refractivity contribution is 6.38. The summed E-state index contributed by atoms with van der Waals surface area (Å²) in [6, 6.07) is 17.0. The number of rotatable bonds is 6. The zero-order valence-corrected chi connectivity index (χ0v) is 22.9. The van der Waals surface area contributed by atoms with Crippen molar-refractivity contribution < 1.29 is 9.21 Å². The highest BCUT2D eigenvalue weighted by atomic mass is 35.5. The summed E-state index contributed by atoms with van der Waals surface area (Å²) in [4.78, 5) is 19.0. The summed E-state index contributed by atoms with van der Waals surface area (Å²) < 4.78 is 7.86. The van der Waals surface area contributed by atoms with E-state index < -0.39 is 0 Å². The van der Waals surface area contributed by atoms with Gasteiger partial charge in [-0.25, -0.2) is 4.98 Å². The van der Waals surface area contributed by atoms with Crippen LogP contribution in [0.4, 0.5) is 5.82 Å². The maximum atomic E-state index is 12.7. The predicted octanol–water partition coefficient (Wildman–Crippen LogP) is 5.96. The molecular weight excluding hydrogens is 549 g/mol. The summed E-state index contributed by atoms with van der Waals surface area (Å²) in [5.41, 5.74) is 9.85. The molecule has 11 heteroatoms. The highest BCUT2D eigenvalue weighted by Gasteiger charge is 2.25. The molecule has 9 nitrogen and oxygen atoms in total. The van der Waals surface area contributed by atoms with E-state index in [1.54, 1.807) is 30.6 Å². The molecule has 0 saturated carbocycles. The normalized spacial score (nSPS) is 14.0. The first-order valence-electron chi connectivity index (χ1n) is 12.9. The number of carbonyl (C=O) groups is 1. The van der Waals surface area contributed by atoms with E-state index >= 15 is 0 Å². The average Bonchev–Trinajstić information content (AvgIpc) is 3.65. The van der Waals surface area contributed by atoms with E-state index in [-0.39, 0.29) is 29.5 Å². The summed E-state index contributed by atoms with van der Waals surface area (Å²) in [5, 5.41) is 13.7. The Morgan fingerprint density at radius 1 is 0.950 bits per heavy atom. The van der Waals surface area contributed by atoms with E-state index in [0.717, 1.165) is 29.5 Å². The second-order valence-corrected chi connectivity index (χ2v) is 10.5. The van der Waals surface area contributed by atoms with Gasteiger partial charge in [-0.15, -0.1) is 10.2 Å². The number of carbonyl (C=O) groups excluding carboxylic acids is 1. The van der Waals surface area contributed by atoms with Crippen molar-refractivity contribution in [1.82, 2.24) is 29.9 Å². The first-order valence-corrected chi connectivity index (χ1v) is 13.6. The molecule has 0 bridgehead atoms. The molecule has 0 aliphatic carbocycles. The third kappa shape index (κ3) is 5.30. The second-order valence-electron chi connectivity index (χ2n) is 9.65.